The van der Waals surface area contributed by atoms with Crippen LogP contribution in [-0.4, -0.2) is 30.6 Å². The summed E-state index contributed by atoms with van der Waals surface area (Å²) in [5.41, 5.74) is 4.35. The van der Waals surface area contributed by atoms with E-state index in [1.54, 1.807) is 11.8 Å². The van der Waals surface area contributed by atoms with Crippen LogP contribution < -0.4 is 4.90 Å². The largest absolute Gasteiger partial charge is 0.371 e. The van der Waals surface area contributed by atoms with E-state index in [2.05, 4.69) is 56.3 Å². The maximum atomic E-state index is 11.6. The Bertz CT molecular complexity index is 983. The number of carbonyl (C=O) groups is 1. The number of carbonyl (C=O) groups excluding carboxylic acids is 1. The minimum atomic E-state index is 0.435. The predicted molar refractivity (Wildman–Crippen MR) is 117 cm³/mol. The minimum Gasteiger partial charge on any atom is -0.371 e. The zero-order chi connectivity index (χ0) is 18.8. The Hall–Kier alpha value is -1.85. The number of hydrogen-bond acceptors (Lipinski definition) is 4. The Morgan fingerprint density at radius 3 is 2.74 bits per heavy atom. The van der Waals surface area contributed by atoms with Gasteiger partial charge in [-0.25, -0.2) is 0 Å². The summed E-state index contributed by atoms with van der Waals surface area (Å²) in [6.07, 6.45) is 7.09. The molecule has 0 amide bonds. The molecule has 0 aliphatic carbocycles. The van der Waals surface area contributed by atoms with Gasteiger partial charge in [0.05, 0.1) is 5.52 Å². The van der Waals surface area contributed by atoms with Crippen LogP contribution in [0, 0.1) is 0 Å². The van der Waals surface area contributed by atoms with Crippen LogP contribution in [0.25, 0.3) is 10.9 Å². The van der Waals surface area contributed by atoms with E-state index < -0.39 is 0 Å². The van der Waals surface area contributed by atoms with Gasteiger partial charge >= 0.3 is 0 Å². The monoisotopic (exact) mass is 440 g/mol. The number of rotatable bonds is 4. The molecule has 2 aromatic carbocycles. The van der Waals surface area contributed by atoms with Crippen molar-refractivity contribution in [1.82, 2.24) is 4.98 Å². The zero-order valence-corrected chi connectivity index (χ0v) is 17.6. The lowest BCUT2D eigenvalue weighted by molar-refractivity contribution is 0.112. The number of piperidine rings is 1. The van der Waals surface area contributed by atoms with Crippen molar-refractivity contribution in [2.45, 2.75) is 23.7 Å². The second-order valence-corrected chi connectivity index (χ2v) is 8.60. The Labute approximate surface area is 172 Å². The van der Waals surface area contributed by atoms with E-state index in [4.69, 9.17) is 0 Å². The molecule has 0 bridgehead atoms. The molecule has 0 unspecified atom stereocenters. The summed E-state index contributed by atoms with van der Waals surface area (Å²) >= 11 is 5.31. The van der Waals surface area contributed by atoms with Crippen molar-refractivity contribution in [3.05, 3.63) is 64.3 Å². The Kier molecular flexibility index (Phi) is 5.50. The smallest absolute Gasteiger partial charge is 0.150 e. The summed E-state index contributed by atoms with van der Waals surface area (Å²) in [5.74, 6) is 0.435. The quantitative estimate of drug-likeness (QED) is 0.372. The van der Waals surface area contributed by atoms with Gasteiger partial charge < -0.3 is 4.90 Å². The maximum Gasteiger partial charge on any atom is 0.150 e. The van der Waals surface area contributed by atoms with Crippen molar-refractivity contribution in [2.75, 3.05) is 24.2 Å². The van der Waals surface area contributed by atoms with Gasteiger partial charge in [0.15, 0.2) is 0 Å². The third kappa shape index (κ3) is 3.63. The van der Waals surface area contributed by atoms with Crippen molar-refractivity contribution in [3.8, 4) is 0 Å². The van der Waals surface area contributed by atoms with Gasteiger partial charge in [0, 0.05) is 45.3 Å². The molecule has 0 spiro atoms. The lowest BCUT2D eigenvalue weighted by Crippen LogP contribution is -2.33. The number of hydrogen-bond donors (Lipinski definition) is 0. The lowest BCUT2D eigenvalue weighted by atomic mass is 9.86. The maximum absolute atomic E-state index is 11.6. The lowest BCUT2D eigenvalue weighted by Gasteiger charge is -2.35. The number of aldehydes is 1. The normalized spacial score (nSPS) is 15.3. The summed E-state index contributed by atoms with van der Waals surface area (Å²) < 4.78 is 1.07. The summed E-state index contributed by atoms with van der Waals surface area (Å²) in [4.78, 5) is 19.8. The molecular formula is C22H21BrN2OS. The zero-order valence-electron chi connectivity index (χ0n) is 15.2. The van der Waals surface area contributed by atoms with Gasteiger partial charge in [-0.2, -0.15) is 0 Å². The highest BCUT2D eigenvalue weighted by Crippen LogP contribution is 2.38. The first-order valence-electron chi connectivity index (χ1n) is 9.12. The molecule has 0 N–H and O–H groups in total. The van der Waals surface area contributed by atoms with E-state index in [0.29, 0.717) is 5.92 Å². The van der Waals surface area contributed by atoms with E-state index in [0.717, 1.165) is 47.8 Å². The fraction of sp³-hybridized carbons (Fsp3) is 0.273. The third-order valence-electron chi connectivity index (χ3n) is 5.37. The molecule has 4 rings (SSSR count). The van der Waals surface area contributed by atoms with E-state index in [-0.39, 0.29) is 0 Å². The summed E-state index contributed by atoms with van der Waals surface area (Å²) in [6, 6.07) is 14.4. The molecule has 27 heavy (non-hydrogen) atoms. The molecule has 2 heterocycles. The molecule has 3 nitrogen and oxygen atoms in total. The SMILES string of the molecule is CSc1cccc(C=O)c1C1CCN(c2ccnc3ccc(Br)cc23)CC1. The molecule has 1 aliphatic rings. The van der Waals surface area contributed by atoms with Crippen molar-refractivity contribution < 1.29 is 4.79 Å². The Balaban J connectivity index is 1.61. The summed E-state index contributed by atoms with van der Waals surface area (Å²) in [5, 5.41) is 1.18. The standard InChI is InChI=1S/C22H21BrN2OS/c1-27-21-4-2-3-16(14-26)22(21)15-8-11-25(12-9-15)20-7-10-24-19-6-5-17(23)13-18(19)20/h2-7,10,13-15H,8-9,11-12H2,1H3. The number of aromatic nitrogens is 1. The van der Waals surface area contributed by atoms with E-state index in [1.165, 1.54) is 21.5 Å². The van der Waals surface area contributed by atoms with Crippen LogP contribution >= 0.6 is 27.7 Å². The van der Waals surface area contributed by atoms with Crippen molar-refractivity contribution >= 4 is 50.6 Å². The average molecular weight is 441 g/mol. The van der Waals surface area contributed by atoms with Gasteiger partial charge in [-0.15, -0.1) is 11.8 Å². The first kappa shape index (κ1) is 18.5. The molecule has 5 heteroatoms. The minimum absolute atomic E-state index is 0.435. The van der Waals surface area contributed by atoms with Crippen LogP contribution in [0.1, 0.15) is 34.7 Å². The van der Waals surface area contributed by atoms with Crippen LogP contribution in [0.3, 0.4) is 0 Å². The van der Waals surface area contributed by atoms with Gasteiger partial charge in [-0.1, -0.05) is 28.1 Å². The number of fused-ring (bicyclic) bond motifs is 1. The molecule has 3 aromatic rings. The predicted octanol–water partition coefficient (Wildman–Crippen LogP) is 5.92. The van der Waals surface area contributed by atoms with Crippen molar-refractivity contribution in [1.29, 1.82) is 0 Å². The molecule has 0 atom stereocenters. The second-order valence-electron chi connectivity index (χ2n) is 6.83. The Morgan fingerprint density at radius 2 is 2.00 bits per heavy atom. The van der Waals surface area contributed by atoms with Gasteiger partial charge in [-0.3, -0.25) is 9.78 Å². The van der Waals surface area contributed by atoms with E-state index in [1.807, 2.05) is 24.4 Å². The number of halogens is 1. The fourth-order valence-electron chi connectivity index (χ4n) is 4.07. The first-order chi connectivity index (χ1) is 13.2. The molecule has 138 valence electrons. The highest BCUT2D eigenvalue weighted by Gasteiger charge is 2.25. The second kappa shape index (κ2) is 8.03. The number of thioether (sulfide) groups is 1. The summed E-state index contributed by atoms with van der Waals surface area (Å²) in [7, 11) is 0. The molecular weight excluding hydrogens is 420 g/mol. The molecule has 1 fully saturated rings. The van der Waals surface area contributed by atoms with Gasteiger partial charge in [-0.05, 0) is 60.9 Å². The van der Waals surface area contributed by atoms with Crippen molar-refractivity contribution in [2.24, 2.45) is 0 Å². The van der Waals surface area contributed by atoms with Crippen molar-refractivity contribution in [3.63, 3.8) is 0 Å². The number of anilines is 1. The number of pyridine rings is 1. The van der Waals surface area contributed by atoms with Gasteiger partial charge in [0.2, 0.25) is 0 Å². The highest BCUT2D eigenvalue weighted by atomic mass is 79.9. The average Bonchev–Trinajstić information content (AvgIpc) is 2.72. The molecule has 1 aromatic heterocycles. The molecule has 0 saturated carbocycles. The molecule has 1 saturated heterocycles. The molecule has 1 aliphatic heterocycles. The number of nitrogens with zero attached hydrogens (tertiary/aromatic N) is 2. The van der Waals surface area contributed by atoms with Gasteiger partial charge in [0.25, 0.3) is 0 Å². The summed E-state index contributed by atoms with van der Waals surface area (Å²) in [6.45, 7) is 1.97. The van der Waals surface area contributed by atoms with E-state index >= 15 is 0 Å². The molecule has 0 radical (unpaired) electrons. The van der Waals surface area contributed by atoms with Crippen LogP contribution in [0.2, 0.25) is 0 Å². The Morgan fingerprint density at radius 1 is 1.19 bits per heavy atom. The van der Waals surface area contributed by atoms with Gasteiger partial charge in [0.1, 0.15) is 6.29 Å². The van der Waals surface area contributed by atoms with Crippen LogP contribution in [-0.2, 0) is 0 Å². The van der Waals surface area contributed by atoms with E-state index in [9.17, 15) is 4.79 Å². The first-order valence-corrected chi connectivity index (χ1v) is 11.1. The highest BCUT2D eigenvalue weighted by molar-refractivity contribution is 9.10. The van der Waals surface area contributed by atoms with Crippen LogP contribution in [0.15, 0.2) is 58.0 Å². The topological polar surface area (TPSA) is 33.2 Å². The van der Waals surface area contributed by atoms with Crippen LogP contribution in [0.4, 0.5) is 5.69 Å². The number of benzene rings is 2. The van der Waals surface area contributed by atoms with Crippen LogP contribution in [0.5, 0.6) is 0 Å². The third-order valence-corrected chi connectivity index (χ3v) is 6.66. The fourth-order valence-corrected chi connectivity index (χ4v) is 5.15.